The van der Waals surface area contributed by atoms with Crippen LogP contribution in [0.5, 0.6) is 5.75 Å². The molecule has 1 N–H and O–H groups in total. The molecule has 0 heterocycles. The van der Waals surface area contributed by atoms with Crippen LogP contribution in [0.3, 0.4) is 0 Å². The third-order valence-corrected chi connectivity index (χ3v) is 5.81. The topological polar surface area (TPSA) is 46.5 Å². The number of unbranched alkanes of at least 4 members (excludes halogenated alkanes) is 4. The van der Waals surface area contributed by atoms with E-state index in [-0.39, 0.29) is 0 Å². The molecule has 1 aliphatic carbocycles. The van der Waals surface area contributed by atoms with Crippen LogP contribution >= 0.6 is 0 Å². The zero-order valence-electron chi connectivity index (χ0n) is 16.4. The quantitative estimate of drug-likeness (QED) is 0.421. The van der Waals surface area contributed by atoms with Crippen molar-refractivity contribution in [2.45, 2.75) is 84.0 Å². The standard InChI is InChI=1S/C23H36O3/c1-2-3-4-5-6-8-19-10-12-20(13-11-19)9-7-18-26-22-16-14-21(15-17-22)23(24)25/h14-17,19-20H,2-13,18H2,1H3,(H,24,25). The van der Waals surface area contributed by atoms with Gasteiger partial charge in [-0.05, 0) is 48.9 Å². The first kappa shape index (κ1) is 20.8. The summed E-state index contributed by atoms with van der Waals surface area (Å²) in [7, 11) is 0. The lowest BCUT2D eigenvalue weighted by Gasteiger charge is -2.28. The highest BCUT2D eigenvalue weighted by Crippen LogP contribution is 2.34. The van der Waals surface area contributed by atoms with Gasteiger partial charge < -0.3 is 9.84 Å². The van der Waals surface area contributed by atoms with Gasteiger partial charge in [0.25, 0.3) is 0 Å². The van der Waals surface area contributed by atoms with Crippen molar-refractivity contribution in [3.05, 3.63) is 29.8 Å². The molecule has 1 saturated carbocycles. The van der Waals surface area contributed by atoms with Crippen LogP contribution in [0.25, 0.3) is 0 Å². The van der Waals surface area contributed by atoms with Gasteiger partial charge in [0.1, 0.15) is 5.75 Å². The van der Waals surface area contributed by atoms with Crippen LogP contribution in [0.2, 0.25) is 0 Å². The maximum Gasteiger partial charge on any atom is 0.335 e. The first-order valence-electron chi connectivity index (χ1n) is 10.6. The van der Waals surface area contributed by atoms with E-state index in [1.54, 1.807) is 24.3 Å². The molecular formula is C23H36O3. The molecule has 1 aromatic rings. The average Bonchev–Trinajstić information content (AvgIpc) is 2.66. The first-order chi connectivity index (χ1) is 12.7. The summed E-state index contributed by atoms with van der Waals surface area (Å²) < 4.78 is 5.75. The molecule has 0 bridgehead atoms. The van der Waals surface area contributed by atoms with Gasteiger partial charge in [-0.3, -0.25) is 0 Å². The van der Waals surface area contributed by atoms with Gasteiger partial charge in [-0.15, -0.1) is 0 Å². The molecule has 0 aliphatic heterocycles. The molecule has 0 atom stereocenters. The van der Waals surface area contributed by atoms with Crippen molar-refractivity contribution in [2.75, 3.05) is 6.61 Å². The third kappa shape index (κ3) is 7.80. The second-order valence-electron chi connectivity index (χ2n) is 7.91. The van der Waals surface area contributed by atoms with Crippen molar-refractivity contribution in [3.8, 4) is 5.75 Å². The van der Waals surface area contributed by atoms with Crippen LogP contribution in [0, 0.1) is 11.8 Å². The molecule has 0 spiro atoms. The summed E-state index contributed by atoms with van der Waals surface area (Å²) in [6, 6.07) is 6.69. The molecule has 1 aliphatic rings. The third-order valence-electron chi connectivity index (χ3n) is 5.81. The Labute approximate surface area is 159 Å². The van der Waals surface area contributed by atoms with E-state index in [0.717, 1.165) is 30.6 Å². The summed E-state index contributed by atoms with van der Waals surface area (Å²) in [5, 5.41) is 8.89. The molecule has 146 valence electrons. The van der Waals surface area contributed by atoms with Crippen LogP contribution in [0.4, 0.5) is 0 Å². The van der Waals surface area contributed by atoms with Crippen molar-refractivity contribution in [2.24, 2.45) is 11.8 Å². The maximum absolute atomic E-state index is 10.8. The summed E-state index contributed by atoms with van der Waals surface area (Å²) in [4.78, 5) is 10.8. The Kier molecular flexibility index (Phi) is 9.58. The monoisotopic (exact) mass is 360 g/mol. The van der Waals surface area contributed by atoms with E-state index >= 15 is 0 Å². The number of carboxylic acid groups (broad SMARTS) is 1. The Hall–Kier alpha value is -1.51. The number of carboxylic acids is 1. The van der Waals surface area contributed by atoms with Crippen molar-refractivity contribution >= 4 is 5.97 Å². The van der Waals surface area contributed by atoms with Crippen molar-refractivity contribution in [3.63, 3.8) is 0 Å². The fourth-order valence-electron chi connectivity index (χ4n) is 4.10. The fraction of sp³-hybridized carbons (Fsp3) is 0.696. The Balaban J connectivity index is 1.51. The number of aromatic carboxylic acids is 1. The van der Waals surface area contributed by atoms with Gasteiger partial charge in [0.2, 0.25) is 0 Å². The predicted molar refractivity (Wildman–Crippen MR) is 107 cm³/mol. The van der Waals surface area contributed by atoms with E-state index in [4.69, 9.17) is 9.84 Å². The van der Waals surface area contributed by atoms with Crippen LogP contribution < -0.4 is 4.74 Å². The second kappa shape index (κ2) is 12.0. The van der Waals surface area contributed by atoms with Gasteiger partial charge in [-0.25, -0.2) is 4.79 Å². The number of ether oxygens (including phenoxy) is 1. The van der Waals surface area contributed by atoms with Crippen molar-refractivity contribution in [1.29, 1.82) is 0 Å². The zero-order chi connectivity index (χ0) is 18.6. The molecule has 0 unspecified atom stereocenters. The summed E-state index contributed by atoms with van der Waals surface area (Å²) in [5.74, 6) is 1.73. The molecule has 0 amide bonds. The van der Waals surface area contributed by atoms with Gasteiger partial charge in [0.05, 0.1) is 12.2 Å². The first-order valence-corrected chi connectivity index (χ1v) is 10.6. The lowest BCUT2D eigenvalue weighted by atomic mass is 9.78. The largest absolute Gasteiger partial charge is 0.494 e. The highest BCUT2D eigenvalue weighted by atomic mass is 16.5. The number of rotatable bonds is 12. The Morgan fingerprint density at radius 2 is 1.50 bits per heavy atom. The molecule has 26 heavy (non-hydrogen) atoms. The minimum absolute atomic E-state index is 0.305. The highest BCUT2D eigenvalue weighted by Gasteiger charge is 2.20. The minimum atomic E-state index is -0.895. The van der Waals surface area contributed by atoms with E-state index in [1.165, 1.54) is 70.6 Å². The van der Waals surface area contributed by atoms with Gasteiger partial charge in [0.15, 0.2) is 0 Å². The number of benzene rings is 1. The number of carbonyl (C=O) groups is 1. The summed E-state index contributed by atoms with van der Waals surface area (Å²) in [6.45, 7) is 3.01. The second-order valence-corrected chi connectivity index (χ2v) is 7.91. The van der Waals surface area contributed by atoms with Crippen LogP contribution in [0.1, 0.15) is 94.3 Å². The molecule has 2 rings (SSSR count). The molecular weight excluding hydrogens is 324 g/mol. The number of hydrogen-bond acceptors (Lipinski definition) is 2. The van der Waals surface area contributed by atoms with Gasteiger partial charge in [-0.2, -0.15) is 0 Å². The molecule has 1 fully saturated rings. The summed E-state index contributed by atoms with van der Waals surface area (Å²) in [6.07, 6.45) is 16.5. The van der Waals surface area contributed by atoms with Crippen molar-refractivity contribution in [1.82, 2.24) is 0 Å². The molecule has 3 heteroatoms. The average molecular weight is 361 g/mol. The SMILES string of the molecule is CCCCCCCC1CCC(CCCOc2ccc(C(=O)O)cc2)CC1. The predicted octanol–water partition coefficient (Wildman–Crippen LogP) is 6.71. The fourth-order valence-corrected chi connectivity index (χ4v) is 4.10. The maximum atomic E-state index is 10.8. The lowest BCUT2D eigenvalue weighted by molar-refractivity contribution is 0.0697. The van der Waals surface area contributed by atoms with Gasteiger partial charge in [-0.1, -0.05) is 71.1 Å². The van der Waals surface area contributed by atoms with E-state index in [1.807, 2.05) is 0 Å². The normalized spacial score (nSPS) is 20.0. The van der Waals surface area contributed by atoms with Crippen LogP contribution in [-0.4, -0.2) is 17.7 Å². The molecule has 1 aromatic carbocycles. The smallest absolute Gasteiger partial charge is 0.335 e. The molecule has 0 radical (unpaired) electrons. The van der Waals surface area contributed by atoms with Gasteiger partial charge >= 0.3 is 5.97 Å². The molecule has 0 aromatic heterocycles. The summed E-state index contributed by atoms with van der Waals surface area (Å²) >= 11 is 0. The van der Waals surface area contributed by atoms with Crippen LogP contribution in [0.15, 0.2) is 24.3 Å². The Morgan fingerprint density at radius 1 is 0.923 bits per heavy atom. The van der Waals surface area contributed by atoms with Crippen LogP contribution in [-0.2, 0) is 0 Å². The summed E-state index contributed by atoms with van der Waals surface area (Å²) in [5.41, 5.74) is 0.305. The Morgan fingerprint density at radius 3 is 2.08 bits per heavy atom. The van der Waals surface area contributed by atoms with E-state index < -0.39 is 5.97 Å². The van der Waals surface area contributed by atoms with Crippen molar-refractivity contribution < 1.29 is 14.6 Å². The van der Waals surface area contributed by atoms with Gasteiger partial charge in [0, 0.05) is 0 Å². The van der Waals surface area contributed by atoms with E-state index in [9.17, 15) is 4.79 Å². The van der Waals surface area contributed by atoms with E-state index in [0.29, 0.717) is 5.56 Å². The zero-order valence-corrected chi connectivity index (χ0v) is 16.4. The minimum Gasteiger partial charge on any atom is -0.494 e. The lowest BCUT2D eigenvalue weighted by Crippen LogP contribution is -2.15. The number of hydrogen-bond donors (Lipinski definition) is 1. The molecule has 0 saturated heterocycles. The molecule has 3 nitrogen and oxygen atoms in total. The Bertz CT molecular complexity index is 501. The highest BCUT2D eigenvalue weighted by molar-refractivity contribution is 5.87. The van der Waals surface area contributed by atoms with E-state index in [2.05, 4.69) is 6.92 Å².